The Hall–Kier alpha value is -2.28. The molecule has 220 valence electrons. The van der Waals surface area contributed by atoms with Gasteiger partial charge < -0.3 is 24.2 Å². The Balaban J connectivity index is 0.000000470. The summed E-state index contributed by atoms with van der Waals surface area (Å²) >= 11 is 2.96. The molecule has 0 spiro atoms. The van der Waals surface area contributed by atoms with Crippen LogP contribution in [0.1, 0.15) is 65.9 Å². The molecule has 3 saturated heterocycles. The molecule has 0 radical (unpaired) electrons. The molecule has 7 nitrogen and oxygen atoms in total. The topological polar surface area (TPSA) is 104 Å². The molecule has 4 fully saturated rings. The Labute approximate surface area is 239 Å². The SMILES string of the molecule is O=C(CCC[N+]12CCC(CC1)[C@@H](OC(=O)[C@](O)(c1cccs1)C1CCCC1)C2)c1cccs1.O=C([O-])C(F)(F)F. The predicted molar refractivity (Wildman–Crippen MR) is 141 cm³/mol. The Morgan fingerprint density at radius 1 is 1.02 bits per heavy atom. The molecule has 2 atom stereocenters. The third-order valence-corrected chi connectivity index (χ3v) is 10.4. The van der Waals surface area contributed by atoms with Crippen LogP contribution < -0.4 is 5.11 Å². The molecular formula is C28H34F3NO6S2. The second kappa shape index (κ2) is 12.7. The summed E-state index contributed by atoms with van der Waals surface area (Å²) in [5.74, 6) is -2.89. The number of aliphatic carboxylic acids is 1. The summed E-state index contributed by atoms with van der Waals surface area (Å²) < 4.78 is 38.7. The summed E-state index contributed by atoms with van der Waals surface area (Å²) in [5, 5.41) is 24.4. The number of nitrogens with zero attached hydrogens (tertiary/aromatic N) is 1. The second-order valence-corrected chi connectivity index (χ2v) is 12.9. The van der Waals surface area contributed by atoms with Crippen LogP contribution in [0.4, 0.5) is 13.2 Å². The lowest BCUT2D eigenvalue weighted by Gasteiger charge is -2.52. The lowest BCUT2D eigenvalue weighted by molar-refractivity contribution is -0.946. The van der Waals surface area contributed by atoms with Crippen molar-refractivity contribution in [1.29, 1.82) is 0 Å². The summed E-state index contributed by atoms with van der Waals surface area (Å²) in [6.45, 7) is 3.97. The van der Waals surface area contributed by atoms with E-state index in [1.807, 2.05) is 35.0 Å². The van der Waals surface area contributed by atoms with Gasteiger partial charge in [-0.05, 0) is 35.7 Å². The average molecular weight is 602 g/mol. The summed E-state index contributed by atoms with van der Waals surface area (Å²) in [7, 11) is 0. The van der Waals surface area contributed by atoms with Gasteiger partial charge in [-0.25, -0.2) is 4.79 Å². The number of carboxylic acids is 1. The maximum Gasteiger partial charge on any atom is 0.430 e. The molecule has 1 aliphatic carbocycles. The van der Waals surface area contributed by atoms with Gasteiger partial charge in [0.2, 0.25) is 0 Å². The zero-order valence-electron chi connectivity index (χ0n) is 22.1. The standard InChI is InChI=1S/C26H34NO4S2.C2HF3O2/c28-21(23-9-4-16-32-23)8-3-13-27-14-11-19(12-15-27)22(18-27)31-25(29)26(30,20-6-1-2-7-20)24-10-5-17-33-24;3-2(4,5)1(6)7/h4-5,9-10,16-17,19-20,22,30H,1-3,6-8,11-15,18H2;(H,6,7)/q+1;/p-1/t19?,22-,26+,27?;/m0./s1. The molecule has 40 heavy (non-hydrogen) atoms. The lowest BCUT2D eigenvalue weighted by Crippen LogP contribution is -2.65. The smallest absolute Gasteiger partial charge is 0.430 e. The molecule has 2 aromatic rings. The largest absolute Gasteiger partial charge is 0.542 e. The number of halogens is 3. The molecule has 0 unspecified atom stereocenters. The number of carbonyl (C=O) groups excluding carboxylic acids is 3. The Bertz CT molecular complexity index is 1140. The number of ether oxygens (including phenoxy) is 1. The summed E-state index contributed by atoms with van der Waals surface area (Å²) in [5.41, 5.74) is -1.52. The number of fused-ring (bicyclic) bond motifs is 3. The van der Waals surface area contributed by atoms with Gasteiger partial charge in [0.25, 0.3) is 0 Å². The number of hydrogen-bond acceptors (Lipinski definition) is 8. The number of aliphatic hydroxyl groups is 1. The molecule has 0 amide bonds. The van der Waals surface area contributed by atoms with Crippen molar-refractivity contribution in [3.63, 3.8) is 0 Å². The number of Topliss-reactive ketones (excluding diaryl/α,β-unsaturated/α-hetero) is 1. The van der Waals surface area contributed by atoms with Crippen LogP contribution in [0.2, 0.25) is 0 Å². The number of hydrogen-bond donors (Lipinski definition) is 1. The van der Waals surface area contributed by atoms with E-state index in [1.54, 1.807) is 0 Å². The summed E-state index contributed by atoms with van der Waals surface area (Å²) in [4.78, 5) is 36.3. The normalized spacial score (nSPS) is 26.0. The minimum absolute atomic E-state index is 0.0591. The van der Waals surface area contributed by atoms with Crippen molar-refractivity contribution in [2.24, 2.45) is 11.8 Å². The zero-order chi connectivity index (χ0) is 29.0. The first-order chi connectivity index (χ1) is 18.9. The molecule has 2 aromatic heterocycles. The monoisotopic (exact) mass is 601 g/mol. The third-order valence-electron chi connectivity index (χ3n) is 8.52. The van der Waals surface area contributed by atoms with Crippen molar-refractivity contribution >= 4 is 40.4 Å². The number of piperidine rings is 3. The number of alkyl halides is 3. The summed E-state index contributed by atoms with van der Waals surface area (Å²) in [6, 6.07) is 7.61. The predicted octanol–water partition coefficient (Wildman–Crippen LogP) is 4.30. The van der Waals surface area contributed by atoms with E-state index < -0.39 is 23.7 Å². The molecule has 1 N–H and O–H groups in total. The van der Waals surface area contributed by atoms with Crippen molar-refractivity contribution in [3.05, 3.63) is 44.8 Å². The fourth-order valence-corrected chi connectivity index (χ4v) is 7.92. The number of carbonyl (C=O) groups is 3. The van der Waals surface area contributed by atoms with Gasteiger partial charge in [-0.15, -0.1) is 22.7 Å². The Morgan fingerprint density at radius 3 is 2.20 bits per heavy atom. The lowest BCUT2D eigenvalue weighted by atomic mass is 9.82. The first-order valence-electron chi connectivity index (χ1n) is 13.6. The minimum atomic E-state index is -5.19. The first kappa shape index (κ1) is 30.7. The van der Waals surface area contributed by atoms with Crippen molar-refractivity contribution < 1.29 is 47.0 Å². The van der Waals surface area contributed by atoms with Gasteiger partial charge in [0, 0.05) is 42.4 Å². The number of thiophene rings is 2. The number of quaternary nitrogens is 1. The van der Waals surface area contributed by atoms with E-state index in [0.717, 1.165) is 85.4 Å². The van der Waals surface area contributed by atoms with Gasteiger partial charge in [0.15, 0.2) is 17.5 Å². The van der Waals surface area contributed by atoms with Crippen LogP contribution in [0.3, 0.4) is 0 Å². The second-order valence-electron chi connectivity index (χ2n) is 11.0. The van der Waals surface area contributed by atoms with E-state index in [4.69, 9.17) is 14.6 Å². The van der Waals surface area contributed by atoms with Gasteiger partial charge in [-0.1, -0.05) is 25.0 Å². The van der Waals surface area contributed by atoms with Crippen LogP contribution in [-0.2, 0) is 19.9 Å². The van der Waals surface area contributed by atoms with E-state index in [9.17, 15) is 27.9 Å². The van der Waals surface area contributed by atoms with Gasteiger partial charge >= 0.3 is 12.1 Å². The summed E-state index contributed by atoms with van der Waals surface area (Å²) in [6.07, 6.45) is 2.07. The van der Waals surface area contributed by atoms with E-state index in [0.29, 0.717) is 12.3 Å². The van der Waals surface area contributed by atoms with Gasteiger partial charge in [0.1, 0.15) is 12.5 Å². The molecular weight excluding hydrogens is 567 g/mol. The van der Waals surface area contributed by atoms with Gasteiger partial charge in [-0.2, -0.15) is 13.2 Å². The molecule has 6 rings (SSSR count). The highest BCUT2D eigenvalue weighted by atomic mass is 32.1. The van der Waals surface area contributed by atoms with Crippen LogP contribution in [0, 0.1) is 11.8 Å². The van der Waals surface area contributed by atoms with Crippen molar-refractivity contribution in [2.75, 3.05) is 26.2 Å². The molecule has 2 bridgehead atoms. The van der Waals surface area contributed by atoms with Crippen molar-refractivity contribution in [3.8, 4) is 0 Å². The molecule has 5 heterocycles. The highest BCUT2D eigenvalue weighted by Crippen LogP contribution is 2.44. The molecule has 4 aliphatic rings. The molecule has 3 aliphatic heterocycles. The molecule has 1 saturated carbocycles. The van der Waals surface area contributed by atoms with Crippen LogP contribution in [0.25, 0.3) is 0 Å². The fourth-order valence-electron chi connectivity index (χ4n) is 6.34. The van der Waals surface area contributed by atoms with Crippen LogP contribution in [-0.4, -0.2) is 65.8 Å². The van der Waals surface area contributed by atoms with Gasteiger partial charge in [-0.3, -0.25) is 4.79 Å². The molecule has 12 heteroatoms. The van der Waals surface area contributed by atoms with Gasteiger partial charge in [0.05, 0.1) is 24.5 Å². The quantitative estimate of drug-likeness (QED) is 0.261. The Kier molecular flexibility index (Phi) is 9.74. The number of ketones is 1. The maximum absolute atomic E-state index is 13.5. The highest BCUT2D eigenvalue weighted by molar-refractivity contribution is 7.12. The van der Waals surface area contributed by atoms with Crippen LogP contribution in [0.15, 0.2) is 35.0 Å². The van der Waals surface area contributed by atoms with E-state index in [-0.39, 0.29) is 17.8 Å². The average Bonchev–Trinajstić information content (AvgIpc) is 3.72. The van der Waals surface area contributed by atoms with Crippen molar-refractivity contribution in [1.82, 2.24) is 0 Å². The number of rotatable bonds is 9. The maximum atomic E-state index is 13.5. The number of esters is 1. The van der Waals surface area contributed by atoms with Crippen LogP contribution >= 0.6 is 22.7 Å². The first-order valence-corrected chi connectivity index (χ1v) is 15.4. The van der Waals surface area contributed by atoms with Crippen LogP contribution in [0.5, 0.6) is 0 Å². The number of carboxylic acid groups (broad SMARTS) is 1. The van der Waals surface area contributed by atoms with Crippen molar-refractivity contribution in [2.45, 2.75) is 69.2 Å². The highest BCUT2D eigenvalue weighted by Gasteiger charge is 2.53. The third kappa shape index (κ3) is 6.95. The minimum Gasteiger partial charge on any atom is -0.542 e. The van der Waals surface area contributed by atoms with E-state index in [2.05, 4.69) is 0 Å². The van der Waals surface area contributed by atoms with E-state index in [1.165, 1.54) is 22.7 Å². The Morgan fingerprint density at radius 2 is 1.65 bits per heavy atom. The zero-order valence-corrected chi connectivity index (χ0v) is 23.7. The molecule has 0 aromatic carbocycles. The van der Waals surface area contributed by atoms with E-state index >= 15 is 0 Å². The fraction of sp³-hybridized carbons (Fsp3) is 0.607.